The molecule has 2 aromatic carbocycles. The first-order chi connectivity index (χ1) is 15.3. The number of nitrogens with zero attached hydrogens (tertiary/aromatic N) is 2. The van der Waals surface area contributed by atoms with Crippen molar-refractivity contribution < 1.29 is 18.8 Å². The van der Waals surface area contributed by atoms with Gasteiger partial charge in [0, 0.05) is 28.8 Å². The molecule has 0 atom stereocenters. The molecule has 158 valence electrons. The van der Waals surface area contributed by atoms with Crippen LogP contribution in [0.25, 0.3) is 33.8 Å². The van der Waals surface area contributed by atoms with Crippen LogP contribution in [-0.4, -0.2) is 34.4 Å². The maximum atomic E-state index is 12.5. The lowest BCUT2D eigenvalue weighted by atomic mass is 9.76. The van der Waals surface area contributed by atoms with Crippen LogP contribution in [0, 0.1) is 0 Å². The first-order valence-electron chi connectivity index (χ1n) is 10.3. The molecule has 0 unspecified atom stereocenters. The standard InChI is InChI=1S/C25H19N3O4/c1-25(2)17-9-6-8-15-14-7-4-5-10-19(14)28(20(15)17)23-18(25)12-13(32-23)11-16-21(29)26-24(31)27(3)22(16)30/h4-12H,1-3H3,(H,26,29,31)/b16-11-. The molecule has 2 aromatic heterocycles. The number of likely N-dealkylation sites (N-methyl/N-ethyl adjacent to an activating group) is 1. The minimum atomic E-state index is -0.742. The Labute approximate surface area is 182 Å². The average Bonchev–Trinajstić information content (AvgIpc) is 3.34. The molecule has 1 saturated heterocycles. The second-order valence-corrected chi connectivity index (χ2v) is 8.73. The van der Waals surface area contributed by atoms with Crippen LogP contribution in [0.15, 0.2) is 58.5 Å². The van der Waals surface area contributed by atoms with Crippen LogP contribution >= 0.6 is 0 Å². The number of hydrogen-bond donors (Lipinski definition) is 1. The van der Waals surface area contributed by atoms with Gasteiger partial charge in [-0.3, -0.25) is 24.4 Å². The van der Waals surface area contributed by atoms with E-state index in [1.807, 2.05) is 18.2 Å². The Morgan fingerprint density at radius 1 is 0.969 bits per heavy atom. The normalized spacial score (nSPS) is 18.5. The fourth-order valence-corrected chi connectivity index (χ4v) is 4.85. The zero-order valence-electron chi connectivity index (χ0n) is 17.7. The highest BCUT2D eigenvalue weighted by molar-refractivity contribution is 6.30. The highest BCUT2D eigenvalue weighted by Crippen LogP contribution is 2.48. The smallest absolute Gasteiger partial charge is 0.331 e. The molecule has 4 heterocycles. The number of aromatic nitrogens is 1. The molecule has 2 aliphatic rings. The molecule has 6 rings (SSSR count). The Balaban J connectivity index is 1.62. The Hall–Kier alpha value is -4.13. The Morgan fingerprint density at radius 3 is 2.53 bits per heavy atom. The van der Waals surface area contributed by atoms with Gasteiger partial charge in [-0.05, 0) is 23.8 Å². The first-order valence-corrected chi connectivity index (χ1v) is 10.3. The monoisotopic (exact) mass is 425 g/mol. The number of furan rings is 1. The van der Waals surface area contributed by atoms with Crippen molar-refractivity contribution in [3.63, 3.8) is 0 Å². The number of fused-ring (bicyclic) bond motifs is 5. The summed E-state index contributed by atoms with van der Waals surface area (Å²) in [6.07, 6.45) is 1.41. The van der Waals surface area contributed by atoms with Crippen LogP contribution in [0.1, 0.15) is 30.7 Å². The number of benzene rings is 2. The summed E-state index contributed by atoms with van der Waals surface area (Å²) in [5.74, 6) is -0.351. The maximum Gasteiger partial charge on any atom is 0.331 e. The highest BCUT2D eigenvalue weighted by Gasteiger charge is 2.38. The van der Waals surface area contributed by atoms with E-state index in [0.717, 1.165) is 32.3 Å². The quantitative estimate of drug-likeness (QED) is 0.367. The zero-order chi connectivity index (χ0) is 22.4. The molecule has 1 N–H and O–H groups in total. The van der Waals surface area contributed by atoms with Crippen molar-refractivity contribution in [3.8, 4) is 5.88 Å². The van der Waals surface area contributed by atoms with E-state index in [1.54, 1.807) is 0 Å². The highest BCUT2D eigenvalue weighted by atomic mass is 16.4. The van der Waals surface area contributed by atoms with Gasteiger partial charge in [-0.2, -0.15) is 0 Å². The third-order valence-electron chi connectivity index (χ3n) is 6.57. The van der Waals surface area contributed by atoms with Gasteiger partial charge in [-0.25, -0.2) is 4.79 Å². The average molecular weight is 425 g/mol. The van der Waals surface area contributed by atoms with E-state index in [1.165, 1.54) is 18.7 Å². The molecule has 7 nitrogen and oxygen atoms in total. The van der Waals surface area contributed by atoms with E-state index in [-0.39, 0.29) is 11.0 Å². The van der Waals surface area contributed by atoms with Crippen LogP contribution in [0.3, 0.4) is 0 Å². The number of nitrogens with one attached hydrogen (secondary N) is 1. The molecule has 0 aliphatic carbocycles. The van der Waals surface area contributed by atoms with Crippen LogP contribution < -0.4 is 5.32 Å². The summed E-state index contributed by atoms with van der Waals surface area (Å²) in [7, 11) is 1.33. The number of urea groups is 1. The molecule has 4 amide bonds. The van der Waals surface area contributed by atoms with Crippen molar-refractivity contribution in [2.45, 2.75) is 19.3 Å². The predicted molar refractivity (Wildman–Crippen MR) is 119 cm³/mol. The topological polar surface area (TPSA) is 84.6 Å². The van der Waals surface area contributed by atoms with E-state index >= 15 is 0 Å². The van der Waals surface area contributed by atoms with Gasteiger partial charge in [0.05, 0.1) is 11.0 Å². The number of carbonyl (C=O) groups excluding carboxylic acids is 3. The molecule has 4 aromatic rings. The van der Waals surface area contributed by atoms with Gasteiger partial charge in [0.15, 0.2) is 0 Å². The lowest BCUT2D eigenvalue weighted by molar-refractivity contribution is -0.129. The van der Waals surface area contributed by atoms with Crippen LogP contribution in [0.5, 0.6) is 0 Å². The largest absolute Gasteiger partial charge is 0.440 e. The SMILES string of the molecule is CN1C(=O)NC(=O)/C(=C/c2cc3c(o2)-n2c4ccccc4c4cccc(c42)C3(C)C)C1=O. The number of para-hydroxylation sites is 2. The van der Waals surface area contributed by atoms with Gasteiger partial charge in [0.1, 0.15) is 11.3 Å². The third-order valence-corrected chi connectivity index (χ3v) is 6.57. The van der Waals surface area contributed by atoms with Crippen molar-refractivity contribution in [3.05, 3.63) is 71.0 Å². The minimum absolute atomic E-state index is 0.143. The van der Waals surface area contributed by atoms with E-state index < -0.39 is 17.8 Å². The van der Waals surface area contributed by atoms with E-state index in [2.05, 4.69) is 54.1 Å². The number of hydrogen-bond acceptors (Lipinski definition) is 4. The van der Waals surface area contributed by atoms with Crippen molar-refractivity contribution in [1.29, 1.82) is 0 Å². The van der Waals surface area contributed by atoms with Crippen molar-refractivity contribution in [2.24, 2.45) is 0 Å². The molecule has 0 radical (unpaired) electrons. The summed E-state index contributed by atoms with van der Waals surface area (Å²) in [5.41, 5.74) is 3.75. The maximum absolute atomic E-state index is 12.5. The fraction of sp³-hybridized carbons (Fsp3) is 0.160. The molecule has 0 bridgehead atoms. The Bertz CT molecular complexity index is 1550. The molecule has 0 spiro atoms. The first kappa shape index (κ1) is 18.6. The lowest BCUT2D eigenvalue weighted by Crippen LogP contribution is -2.52. The summed E-state index contributed by atoms with van der Waals surface area (Å²) in [6.45, 7) is 4.28. The summed E-state index contributed by atoms with van der Waals surface area (Å²) < 4.78 is 8.38. The van der Waals surface area contributed by atoms with Gasteiger partial charge < -0.3 is 4.42 Å². The van der Waals surface area contributed by atoms with Crippen LogP contribution in [0.4, 0.5) is 4.79 Å². The summed E-state index contributed by atoms with van der Waals surface area (Å²) in [5, 5.41) is 4.45. The van der Waals surface area contributed by atoms with Crippen molar-refractivity contribution in [1.82, 2.24) is 14.8 Å². The zero-order valence-corrected chi connectivity index (χ0v) is 17.7. The molecule has 0 saturated carbocycles. The number of barbiturate groups is 1. The fourth-order valence-electron chi connectivity index (χ4n) is 4.85. The Morgan fingerprint density at radius 2 is 1.72 bits per heavy atom. The second-order valence-electron chi connectivity index (χ2n) is 8.73. The van der Waals surface area contributed by atoms with Gasteiger partial charge in [0.2, 0.25) is 5.88 Å². The van der Waals surface area contributed by atoms with E-state index in [4.69, 9.17) is 4.42 Å². The lowest BCUT2D eigenvalue weighted by Gasteiger charge is -2.31. The second kappa shape index (κ2) is 5.97. The van der Waals surface area contributed by atoms with Gasteiger partial charge in [0.25, 0.3) is 11.8 Å². The number of rotatable bonds is 1. The van der Waals surface area contributed by atoms with Crippen molar-refractivity contribution >= 4 is 45.7 Å². The molecule has 1 fully saturated rings. The van der Waals surface area contributed by atoms with Gasteiger partial charge >= 0.3 is 6.03 Å². The van der Waals surface area contributed by atoms with E-state index in [0.29, 0.717) is 11.6 Å². The minimum Gasteiger partial charge on any atom is -0.440 e. The molecule has 7 heteroatoms. The molecular formula is C25H19N3O4. The van der Waals surface area contributed by atoms with E-state index in [9.17, 15) is 14.4 Å². The summed E-state index contributed by atoms with van der Waals surface area (Å²) in [4.78, 5) is 37.4. The molecule has 2 aliphatic heterocycles. The van der Waals surface area contributed by atoms with Crippen molar-refractivity contribution in [2.75, 3.05) is 7.05 Å². The third kappa shape index (κ3) is 2.22. The van der Waals surface area contributed by atoms with Gasteiger partial charge in [-0.1, -0.05) is 50.2 Å². The summed E-state index contributed by atoms with van der Waals surface area (Å²) >= 11 is 0. The van der Waals surface area contributed by atoms with Crippen LogP contribution in [0.2, 0.25) is 0 Å². The summed E-state index contributed by atoms with van der Waals surface area (Å²) in [6, 6.07) is 15.6. The van der Waals surface area contributed by atoms with Crippen LogP contribution in [-0.2, 0) is 15.0 Å². The molecule has 32 heavy (non-hydrogen) atoms. The number of imide groups is 2. The predicted octanol–water partition coefficient (Wildman–Crippen LogP) is 4.11. The molecular weight excluding hydrogens is 406 g/mol. The number of carbonyl (C=O) groups is 3. The van der Waals surface area contributed by atoms with Gasteiger partial charge in [-0.15, -0.1) is 0 Å². The number of amides is 4. The Kier molecular flexibility index (Phi) is 3.48.